The van der Waals surface area contributed by atoms with E-state index in [1.54, 1.807) is 45.0 Å². The Morgan fingerprint density at radius 1 is 1.04 bits per heavy atom. The van der Waals surface area contributed by atoms with Crippen molar-refractivity contribution >= 4 is 23.8 Å². The van der Waals surface area contributed by atoms with Crippen LogP contribution in [0, 0.1) is 11.3 Å². The molecule has 0 bridgehead atoms. The highest BCUT2D eigenvalue weighted by molar-refractivity contribution is 6.22. The lowest BCUT2D eigenvalue weighted by atomic mass is 9.56. The van der Waals surface area contributed by atoms with E-state index >= 15 is 0 Å². The number of fused-ring (bicyclic) bond motifs is 1. The fourth-order valence-corrected chi connectivity index (χ4v) is 3.93. The quantitative estimate of drug-likeness (QED) is 0.452. The smallest absolute Gasteiger partial charge is 0.325 e. The maximum Gasteiger partial charge on any atom is 0.325 e. The first kappa shape index (κ1) is 18.1. The monoisotopic (exact) mass is 359 g/mol. The minimum Gasteiger partial charge on any atom is -0.465 e. The van der Waals surface area contributed by atoms with Gasteiger partial charge >= 0.3 is 11.9 Å². The van der Waals surface area contributed by atoms with Gasteiger partial charge in [0.25, 0.3) is 11.8 Å². The van der Waals surface area contributed by atoms with Gasteiger partial charge in [-0.25, -0.2) is 0 Å². The Kier molecular flexibility index (Phi) is 4.56. The van der Waals surface area contributed by atoms with Crippen molar-refractivity contribution in [1.82, 2.24) is 4.90 Å². The van der Waals surface area contributed by atoms with Crippen LogP contribution < -0.4 is 0 Å². The Morgan fingerprint density at radius 2 is 1.50 bits per heavy atom. The predicted molar refractivity (Wildman–Crippen MR) is 90.2 cm³/mol. The van der Waals surface area contributed by atoms with E-state index < -0.39 is 41.1 Å². The third-order valence-electron chi connectivity index (χ3n) is 5.24. The number of nitrogens with zero attached hydrogens (tertiary/aromatic N) is 1. The zero-order valence-corrected chi connectivity index (χ0v) is 15.0. The fourth-order valence-electron chi connectivity index (χ4n) is 3.93. The molecule has 0 spiro atoms. The molecule has 0 aromatic heterocycles. The van der Waals surface area contributed by atoms with E-state index in [1.807, 2.05) is 0 Å². The van der Waals surface area contributed by atoms with Crippen molar-refractivity contribution in [3.05, 3.63) is 35.4 Å². The molecule has 7 nitrogen and oxygen atoms in total. The molecule has 26 heavy (non-hydrogen) atoms. The molecule has 1 aliphatic heterocycles. The summed E-state index contributed by atoms with van der Waals surface area (Å²) in [7, 11) is 0. The second kappa shape index (κ2) is 6.55. The lowest BCUT2D eigenvalue weighted by Gasteiger charge is -2.52. The van der Waals surface area contributed by atoms with Crippen LogP contribution in [-0.2, 0) is 19.1 Å². The van der Waals surface area contributed by atoms with Gasteiger partial charge in [0.2, 0.25) is 0 Å². The molecule has 3 rings (SSSR count). The van der Waals surface area contributed by atoms with Crippen LogP contribution in [0.3, 0.4) is 0 Å². The zero-order chi connectivity index (χ0) is 19.1. The van der Waals surface area contributed by atoms with Gasteiger partial charge in [-0.2, -0.15) is 0 Å². The topological polar surface area (TPSA) is 90.0 Å². The number of carbonyl (C=O) groups excluding carboxylic acids is 4. The molecule has 0 radical (unpaired) electrons. The summed E-state index contributed by atoms with van der Waals surface area (Å²) in [4.78, 5) is 52.1. The molecule has 0 saturated heterocycles. The normalized spacial score (nSPS) is 23.3. The van der Waals surface area contributed by atoms with E-state index in [1.165, 1.54) is 0 Å². The number of hydrogen-bond donors (Lipinski definition) is 0. The van der Waals surface area contributed by atoms with Crippen molar-refractivity contribution in [2.45, 2.75) is 33.2 Å². The van der Waals surface area contributed by atoms with Crippen LogP contribution in [0.1, 0.15) is 47.9 Å². The lowest BCUT2D eigenvalue weighted by molar-refractivity contribution is -0.193. The van der Waals surface area contributed by atoms with Crippen LogP contribution >= 0.6 is 0 Å². The maximum atomic E-state index is 12.8. The summed E-state index contributed by atoms with van der Waals surface area (Å²) >= 11 is 0. The number of rotatable bonds is 5. The Morgan fingerprint density at radius 3 is 1.88 bits per heavy atom. The van der Waals surface area contributed by atoms with E-state index in [9.17, 15) is 19.2 Å². The van der Waals surface area contributed by atoms with Crippen LogP contribution in [0.25, 0.3) is 0 Å². The molecule has 2 unspecified atom stereocenters. The molecule has 138 valence electrons. The van der Waals surface area contributed by atoms with Crippen LogP contribution in [0.2, 0.25) is 0 Å². The first-order chi connectivity index (χ1) is 12.4. The molecule has 7 heteroatoms. The standard InChI is InChI=1S/C19H21NO6/c1-4-25-17(23)19(18(24)26-5-2)11(3)10-14(19)20-15(21)12-8-6-7-9-13(12)16(20)22/h6-9,11,14H,4-5,10H2,1-3H3. The molecule has 1 aromatic carbocycles. The Hall–Kier alpha value is -2.70. The van der Waals surface area contributed by atoms with Gasteiger partial charge in [0.1, 0.15) is 0 Å². The second-order valence-electron chi connectivity index (χ2n) is 6.49. The van der Waals surface area contributed by atoms with Crippen molar-refractivity contribution in [3.8, 4) is 0 Å². The highest BCUT2D eigenvalue weighted by Crippen LogP contribution is 2.52. The molecule has 1 aromatic rings. The van der Waals surface area contributed by atoms with Gasteiger partial charge in [-0.1, -0.05) is 19.1 Å². The number of hydrogen-bond acceptors (Lipinski definition) is 6. The van der Waals surface area contributed by atoms with E-state index in [4.69, 9.17) is 9.47 Å². The molecule has 1 heterocycles. The molecular formula is C19H21NO6. The van der Waals surface area contributed by atoms with Crippen molar-refractivity contribution in [3.63, 3.8) is 0 Å². The number of imide groups is 1. The van der Waals surface area contributed by atoms with Crippen molar-refractivity contribution in [2.24, 2.45) is 11.3 Å². The summed E-state index contributed by atoms with van der Waals surface area (Å²) in [6.07, 6.45) is 0.336. The minimum absolute atomic E-state index is 0.0849. The van der Waals surface area contributed by atoms with Gasteiger partial charge in [-0.15, -0.1) is 0 Å². The van der Waals surface area contributed by atoms with Crippen molar-refractivity contribution in [1.29, 1.82) is 0 Å². The van der Waals surface area contributed by atoms with Gasteiger partial charge < -0.3 is 9.47 Å². The van der Waals surface area contributed by atoms with Gasteiger partial charge in [0, 0.05) is 0 Å². The highest BCUT2D eigenvalue weighted by atomic mass is 16.6. The fraction of sp³-hybridized carbons (Fsp3) is 0.474. The summed E-state index contributed by atoms with van der Waals surface area (Å²) in [6, 6.07) is 5.55. The number of benzene rings is 1. The average molecular weight is 359 g/mol. The van der Waals surface area contributed by atoms with E-state index in [2.05, 4.69) is 0 Å². The maximum absolute atomic E-state index is 12.8. The van der Waals surface area contributed by atoms with Crippen LogP contribution in [-0.4, -0.2) is 47.9 Å². The third-order valence-corrected chi connectivity index (χ3v) is 5.24. The first-order valence-electron chi connectivity index (χ1n) is 8.72. The van der Waals surface area contributed by atoms with Crippen molar-refractivity contribution < 1.29 is 28.7 Å². The summed E-state index contributed by atoms with van der Waals surface area (Å²) in [5.74, 6) is -2.91. The Balaban J connectivity index is 2.04. The summed E-state index contributed by atoms with van der Waals surface area (Å²) < 4.78 is 10.3. The molecule has 1 saturated carbocycles. The third kappa shape index (κ3) is 2.26. The van der Waals surface area contributed by atoms with E-state index in [0.29, 0.717) is 6.42 Å². The summed E-state index contributed by atoms with van der Waals surface area (Å²) in [5.41, 5.74) is -1.13. The van der Waals surface area contributed by atoms with Gasteiger partial charge in [-0.05, 0) is 38.3 Å². The summed E-state index contributed by atoms with van der Waals surface area (Å²) in [5, 5.41) is 0. The number of esters is 2. The minimum atomic E-state index is -1.68. The highest BCUT2D eigenvalue weighted by Gasteiger charge is 2.69. The van der Waals surface area contributed by atoms with Crippen LogP contribution in [0.15, 0.2) is 24.3 Å². The molecule has 2 aliphatic rings. The number of carbonyl (C=O) groups is 4. The lowest BCUT2D eigenvalue weighted by Crippen LogP contribution is -2.69. The van der Waals surface area contributed by atoms with Gasteiger partial charge in [0.15, 0.2) is 5.41 Å². The molecule has 1 fully saturated rings. The van der Waals surface area contributed by atoms with Gasteiger partial charge in [0.05, 0.1) is 30.4 Å². The average Bonchev–Trinajstić information content (AvgIpc) is 2.85. The largest absolute Gasteiger partial charge is 0.465 e. The predicted octanol–water partition coefficient (Wildman–Crippen LogP) is 1.80. The van der Waals surface area contributed by atoms with E-state index in [-0.39, 0.29) is 24.3 Å². The summed E-state index contributed by atoms with van der Waals surface area (Å²) in [6.45, 7) is 5.17. The Labute approximate surface area is 151 Å². The molecular weight excluding hydrogens is 338 g/mol. The molecule has 0 N–H and O–H groups in total. The second-order valence-corrected chi connectivity index (χ2v) is 6.49. The van der Waals surface area contributed by atoms with Gasteiger partial charge in [-0.3, -0.25) is 24.1 Å². The Bertz CT molecular complexity index is 733. The van der Waals surface area contributed by atoms with Crippen molar-refractivity contribution in [2.75, 3.05) is 13.2 Å². The molecule has 2 amide bonds. The van der Waals surface area contributed by atoms with Crippen LogP contribution in [0.4, 0.5) is 0 Å². The number of amides is 2. The SMILES string of the molecule is CCOC(=O)C1(C(=O)OCC)C(C)CC1N1C(=O)c2ccccc2C1=O. The molecule has 2 atom stereocenters. The van der Waals surface area contributed by atoms with Crippen LogP contribution in [0.5, 0.6) is 0 Å². The zero-order valence-electron chi connectivity index (χ0n) is 15.0. The number of ether oxygens (including phenoxy) is 2. The first-order valence-corrected chi connectivity index (χ1v) is 8.72. The molecule has 1 aliphatic carbocycles. The van der Waals surface area contributed by atoms with E-state index in [0.717, 1.165) is 4.90 Å².